The summed E-state index contributed by atoms with van der Waals surface area (Å²) in [6, 6.07) is -0.325. The predicted octanol–water partition coefficient (Wildman–Crippen LogP) is 0.853. The van der Waals surface area contributed by atoms with Gasteiger partial charge in [-0.2, -0.15) is 0 Å². The molecule has 0 radical (unpaired) electrons. The average molecular weight is 299 g/mol. The first-order valence-corrected chi connectivity index (χ1v) is 7.93. The number of nitrogens with two attached hydrogens (primary N) is 1. The third-order valence-electron chi connectivity index (χ3n) is 4.63. The van der Waals surface area contributed by atoms with Crippen molar-refractivity contribution in [3.05, 3.63) is 0 Å². The van der Waals surface area contributed by atoms with E-state index in [0.717, 1.165) is 38.6 Å². The van der Waals surface area contributed by atoms with E-state index in [1.54, 1.807) is 7.05 Å². The van der Waals surface area contributed by atoms with Gasteiger partial charge in [0, 0.05) is 0 Å². The number of carboxylic acid groups (broad SMARTS) is 1. The van der Waals surface area contributed by atoms with E-state index in [4.69, 9.17) is 5.73 Å². The van der Waals surface area contributed by atoms with Crippen LogP contribution in [-0.2, 0) is 9.59 Å². The van der Waals surface area contributed by atoms with Gasteiger partial charge in [-0.15, -0.1) is 0 Å². The van der Waals surface area contributed by atoms with E-state index in [2.05, 4.69) is 10.6 Å². The molecule has 5 N–H and O–H groups in total. The monoisotopic (exact) mass is 299 g/mol. The quantitative estimate of drug-likeness (QED) is 0.479. The lowest BCUT2D eigenvalue weighted by atomic mass is 9.83. The zero-order valence-electron chi connectivity index (χ0n) is 13.2. The lowest BCUT2D eigenvalue weighted by Gasteiger charge is -2.33. The molecule has 0 aliphatic heterocycles. The van der Waals surface area contributed by atoms with Crippen molar-refractivity contribution in [2.45, 2.75) is 63.5 Å². The molecule has 3 unspecified atom stereocenters. The van der Waals surface area contributed by atoms with E-state index in [1.807, 2.05) is 6.92 Å². The lowest BCUT2D eigenvalue weighted by Crippen LogP contribution is -2.55. The fourth-order valence-electron chi connectivity index (χ4n) is 3.40. The minimum absolute atomic E-state index is 0.131. The number of carbonyl (C=O) groups is 2. The molecule has 0 spiro atoms. The Labute approximate surface area is 126 Å². The van der Waals surface area contributed by atoms with Crippen LogP contribution in [0.2, 0.25) is 0 Å². The highest BCUT2D eigenvalue weighted by molar-refractivity contribution is 5.80. The number of rotatable bonds is 10. The van der Waals surface area contributed by atoms with Crippen LogP contribution in [-0.4, -0.2) is 42.2 Å². The number of amides is 1. The molecule has 0 bridgehead atoms. The van der Waals surface area contributed by atoms with Gasteiger partial charge in [0.1, 0.15) is 5.54 Å². The van der Waals surface area contributed by atoms with Crippen LogP contribution in [0.15, 0.2) is 0 Å². The summed E-state index contributed by atoms with van der Waals surface area (Å²) in [5.74, 6) is -0.956. The number of hydrogen-bond donors (Lipinski definition) is 4. The molecule has 1 aliphatic carbocycles. The van der Waals surface area contributed by atoms with Crippen molar-refractivity contribution in [2.24, 2.45) is 11.7 Å². The Morgan fingerprint density at radius 2 is 2.19 bits per heavy atom. The standard InChI is InChI=1S/C15H29N3O3/c1-3-10-18-15(14(20)21)9-5-7-11(15)6-4-8-12(17-2)13(16)19/h11-12,17-18H,3-10H2,1-2H3,(H2,16,19)(H,20,21). The first kappa shape index (κ1) is 17.9. The van der Waals surface area contributed by atoms with Gasteiger partial charge in [-0.25, -0.2) is 0 Å². The largest absolute Gasteiger partial charge is 0.480 e. The summed E-state index contributed by atoms with van der Waals surface area (Å²) in [6.07, 6.45) is 5.77. The molecule has 0 aromatic rings. The number of carboxylic acids is 1. The second-order valence-corrected chi connectivity index (χ2v) is 5.97. The molecule has 1 amide bonds. The maximum atomic E-state index is 11.8. The molecule has 6 heteroatoms. The van der Waals surface area contributed by atoms with E-state index >= 15 is 0 Å². The van der Waals surface area contributed by atoms with Gasteiger partial charge >= 0.3 is 5.97 Å². The van der Waals surface area contributed by atoms with Crippen molar-refractivity contribution in [3.63, 3.8) is 0 Å². The fourth-order valence-corrected chi connectivity index (χ4v) is 3.40. The number of carbonyl (C=O) groups excluding carboxylic acids is 1. The minimum atomic E-state index is -0.780. The van der Waals surface area contributed by atoms with Gasteiger partial charge in [-0.3, -0.25) is 9.59 Å². The van der Waals surface area contributed by atoms with Crippen molar-refractivity contribution in [3.8, 4) is 0 Å². The number of nitrogens with one attached hydrogen (secondary N) is 2. The van der Waals surface area contributed by atoms with E-state index < -0.39 is 11.5 Å². The Balaban J connectivity index is 2.59. The Morgan fingerprint density at radius 1 is 1.48 bits per heavy atom. The topological polar surface area (TPSA) is 104 Å². The number of aliphatic carboxylic acids is 1. The van der Waals surface area contributed by atoms with Crippen molar-refractivity contribution in [2.75, 3.05) is 13.6 Å². The Bertz CT molecular complexity index is 362. The smallest absolute Gasteiger partial charge is 0.324 e. The zero-order valence-corrected chi connectivity index (χ0v) is 13.2. The molecule has 1 saturated carbocycles. The first-order chi connectivity index (χ1) is 9.97. The zero-order chi connectivity index (χ0) is 15.9. The van der Waals surface area contributed by atoms with Crippen LogP contribution in [0.4, 0.5) is 0 Å². The van der Waals surface area contributed by atoms with Gasteiger partial charge in [0.25, 0.3) is 0 Å². The number of likely N-dealkylation sites (N-methyl/N-ethyl adjacent to an activating group) is 1. The highest BCUT2D eigenvalue weighted by Gasteiger charge is 2.48. The summed E-state index contributed by atoms with van der Waals surface area (Å²) < 4.78 is 0. The van der Waals surface area contributed by atoms with Gasteiger partial charge in [0.2, 0.25) is 5.91 Å². The van der Waals surface area contributed by atoms with Crippen molar-refractivity contribution in [1.82, 2.24) is 10.6 Å². The summed E-state index contributed by atoms with van der Waals surface area (Å²) >= 11 is 0. The van der Waals surface area contributed by atoms with Gasteiger partial charge < -0.3 is 21.5 Å². The summed E-state index contributed by atoms with van der Waals surface area (Å²) in [5.41, 5.74) is 4.52. The lowest BCUT2D eigenvalue weighted by molar-refractivity contribution is -0.146. The fraction of sp³-hybridized carbons (Fsp3) is 0.867. The molecule has 0 aromatic carbocycles. The molecule has 0 heterocycles. The average Bonchev–Trinajstić information content (AvgIpc) is 2.85. The van der Waals surface area contributed by atoms with Gasteiger partial charge in [-0.05, 0) is 51.6 Å². The SMILES string of the molecule is CCCNC1(C(=O)O)CCCC1CCCC(NC)C(N)=O. The number of hydrogen-bond acceptors (Lipinski definition) is 4. The molecule has 3 atom stereocenters. The molecule has 1 rings (SSSR count). The summed E-state index contributed by atoms with van der Waals surface area (Å²) in [4.78, 5) is 22.9. The highest BCUT2D eigenvalue weighted by Crippen LogP contribution is 2.39. The first-order valence-electron chi connectivity index (χ1n) is 7.93. The number of primary amides is 1. The Kier molecular flexibility index (Phi) is 7.11. The molecular formula is C15H29N3O3. The second kappa shape index (κ2) is 8.34. The third-order valence-corrected chi connectivity index (χ3v) is 4.63. The molecule has 21 heavy (non-hydrogen) atoms. The summed E-state index contributed by atoms with van der Waals surface area (Å²) in [7, 11) is 1.72. The molecule has 0 saturated heterocycles. The predicted molar refractivity (Wildman–Crippen MR) is 81.9 cm³/mol. The third kappa shape index (κ3) is 4.41. The normalized spacial score (nSPS) is 26.7. The van der Waals surface area contributed by atoms with E-state index in [9.17, 15) is 14.7 Å². The van der Waals surface area contributed by atoms with Crippen molar-refractivity contribution in [1.29, 1.82) is 0 Å². The summed E-state index contributed by atoms with van der Waals surface area (Å²) in [6.45, 7) is 2.76. The van der Waals surface area contributed by atoms with Crippen LogP contribution < -0.4 is 16.4 Å². The molecular weight excluding hydrogens is 270 g/mol. The second-order valence-electron chi connectivity index (χ2n) is 5.97. The van der Waals surface area contributed by atoms with Gasteiger partial charge in [-0.1, -0.05) is 19.8 Å². The van der Waals surface area contributed by atoms with Crippen molar-refractivity contribution >= 4 is 11.9 Å². The Hall–Kier alpha value is -1.14. The summed E-state index contributed by atoms with van der Waals surface area (Å²) in [5, 5.41) is 15.8. The van der Waals surface area contributed by atoms with E-state index in [0.29, 0.717) is 12.8 Å². The van der Waals surface area contributed by atoms with Crippen LogP contribution in [0.3, 0.4) is 0 Å². The van der Waals surface area contributed by atoms with Gasteiger partial charge in [0.05, 0.1) is 6.04 Å². The van der Waals surface area contributed by atoms with Gasteiger partial charge in [0.15, 0.2) is 0 Å². The molecule has 1 aliphatic rings. The Morgan fingerprint density at radius 3 is 2.71 bits per heavy atom. The van der Waals surface area contributed by atoms with Crippen molar-refractivity contribution < 1.29 is 14.7 Å². The van der Waals surface area contributed by atoms with Crippen LogP contribution in [0.1, 0.15) is 51.9 Å². The molecule has 6 nitrogen and oxygen atoms in total. The maximum Gasteiger partial charge on any atom is 0.324 e. The minimum Gasteiger partial charge on any atom is -0.480 e. The van der Waals surface area contributed by atoms with E-state index in [-0.39, 0.29) is 17.9 Å². The maximum absolute atomic E-state index is 11.8. The van der Waals surface area contributed by atoms with Crippen LogP contribution in [0, 0.1) is 5.92 Å². The molecule has 1 fully saturated rings. The molecule has 122 valence electrons. The molecule has 0 aromatic heterocycles. The highest BCUT2D eigenvalue weighted by atomic mass is 16.4. The van der Waals surface area contributed by atoms with Crippen LogP contribution in [0.25, 0.3) is 0 Å². The van der Waals surface area contributed by atoms with Crippen LogP contribution >= 0.6 is 0 Å². The van der Waals surface area contributed by atoms with Crippen LogP contribution in [0.5, 0.6) is 0 Å². The van der Waals surface area contributed by atoms with E-state index in [1.165, 1.54) is 0 Å².